The molecule has 0 aliphatic carbocycles. The fourth-order valence-corrected chi connectivity index (χ4v) is 5.56. The van der Waals surface area contributed by atoms with Crippen molar-refractivity contribution in [3.05, 3.63) is 89.7 Å². The molecular weight excluding hydrogens is 455 g/mol. The number of halogens is 1. The van der Waals surface area contributed by atoms with Crippen molar-refractivity contribution in [3.63, 3.8) is 0 Å². The Bertz CT molecular complexity index is 1270. The molecule has 2 heterocycles. The second kappa shape index (κ2) is 10.5. The normalized spacial score (nSPS) is 21.9. The maximum Gasteiger partial charge on any atom is 0.321 e. The van der Waals surface area contributed by atoms with E-state index >= 15 is 0 Å². The number of anilines is 1. The molecule has 2 saturated heterocycles. The van der Waals surface area contributed by atoms with E-state index in [-0.39, 0.29) is 36.5 Å². The number of carbonyl (C=O) groups excluding carboxylic acids is 1. The number of benzene rings is 3. The zero-order chi connectivity index (χ0) is 25.1. The molecule has 0 bridgehead atoms. The number of urea groups is 1. The van der Waals surface area contributed by atoms with Crippen molar-refractivity contribution in [1.29, 1.82) is 5.26 Å². The summed E-state index contributed by atoms with van der Waals surface area (Å²) in [7, 11) is 0. The number of aliphatic hydroxyl groups is 1. The first-order valence-electron chi connectivity index (χ1n) is 12.4. The van der Waals surface area contributed by atoms with Gasteiger partial charge in [0.15, 0.2) is 0 Å². The predicted octanol–water partition coefficient (Wildman–Crippen LogP) is 4.82. The van der Waals surface area contributed by atoms with Gasteiger partial charge in [-0.3, -0.25) is 4.90 Å². The summed E-state index contributed by atoms with van der Waals surface area (Å²) in [6.45, 7) is 2.12. The van der Waals surface area contributed by atoms with Crippen molar-refractivity contribution in [1.82, 2.24) is 9.80 Å². The molecule has 3 aromatic rings. The van der Waals surface area contributed by atoms with Gasteiger partial charge in [0, 0.05) is 36.8 Å². The Kier molecular flexibility index (Phi) is 6.99. The molecule has 0 unspecified atom stereocenters. The van der Waals surface area contributed by atoms with Crippen molar-refractivity contribution in [2.75, 3.05) is 31.6 Å². The molecule has 2 amide bonds. The van der Waals surface area contributed by atoms with Crippen LogP contribution in [0.25, 0.3) is 11.1 Å². The fourth-order valence-electron chi connectivity index (χ4n) is 5.56. The Labute approximate surface area is 210 Å². The molecule has 0 radical (unpaired) electrons. The lowest BCUT2D eigenvalue weighted by atomic mass is 9.74. The van der Waals surface area contributed by atoms with Crippen LogP contribution < -0.4 is 5.32 Å². The molecule has 6 nitrogen and oxygen atoms in total. The monoisotopic (exact) mass is 484 g/mol. The van der Waals surface area contributed by atoms with Gasteiger partial charge in [0.1, 0.15) is 5.82 Å². The topological polar surface area (TPSA) is 79.6 Å². The van der Waals surface area contributed by atoms with Crippen LogP contribution in [-0.2, 0) is 0 Å². The molecule has 0 spiro atoms. The first kappa shape index (κ1) is 24.0. The smallest absolute Gasteiger partial charge is 0.321 e. The van der Waals surface area contributed by atoms with Crippen molar-refractivity contribution in [3.8, 4) is 17.2 Å². The number of fused-ring (bicyclic) bond motifs is 1. The molecule has 3 aromatic carbocycles. The second-order valence-corrected chi connectivity index (χ2v) is 9.49. The maximum absolute atomic E-state index is 13.6. The quantitative estimate of drug-likeness (QED) is 0.557. The van der Waals surface area contributed by atoms with Gasteiger partial charge in [-0.1, -0.05) is 42.5 Å². The summed E-state index contributed by atoms with van der Waals surface area (Å²) >= 11 is 0. The van der Waals surface area contributed by atoms with Crippen molar-refractivity contribution >= 4 is 11.7 Å². The van der Waals surface area contributed by atoms with Gasteiger partial charge in [-0.25, -0.2) is 9.18 Å². The fraction of sp³-hybridized carbons (Fsp3) is 0.310. The van der Waals surface area contributed by atoms with Gasteiger partial charge in [-0.2, -0.15) is 5.26 Å². The number of nitrogens with one attached hydrogen (secondary N) is 1. The lowest BCUT2D eigenvalue weighted by molar-refractivity contribution is -0.0585. The molecule has 0 aromatic heterocycles. The molecular formula is C29H29FN4O2. The van der Waals surface area contributed by atoms with Gasteiger partial charge in [-0.15, -0.1) is 0 Å². The van der Waals surface area contributed by atoms with Gasteiger partial charge < -0.3 is 15.3 Å². The number of nitriles is 1. The van der Waals surface area contributed by atoms with E-state index in [9.17, 15) is 19.6 Å². The van der Waals surface area contributed by atoms with Gasteiger partial charge in [0.2, 0.25) is 0 Å². The molecule has 2 N–H and O–H groups in total. The Balaban J connectivity index is 1.35. The van der Waals surface area contributed by atoms with E-state index in [1.165, 1.54) is 12.1 Å². The largest absolute Gasteiger partial charge is 0.395 e. The lowest BCUT2D eigenvalue weighted by Gasteiger charge is -2.57. The highest BCUT2D eigenvalue weighted by Crippen LogP contribution is 2.42. The maximum atomic E-state index is 13.6. The highest BCUT2D eigenvalue weighted by atomic mass is 19.1. The van der Waals surface area contributed by atoms with Crippen LogP contribution in [-0.4, -0.2) is 59.3 Å². The Morgan fingerprint density at radius 1 is 1.03 bits per heavy atom. The number of aliphatic hydroxyl groups excluding tert-OH is 1. The third kappa shape index (κ3) is 4.83. The molecule has 184 valence electrons. The Morgan fingerprint density at radius 2 is 1.81 bits per heavy atom. The van der Waals surface area contributed by atoms with Gasteiger partial charge in [-0.05, 0) is 66.4 Å². The molecule has 5 rings (SSSR count). The average molecular weight is 485 g/mol. The lowest BCUT2D eigenvalue weighted by Crippen LogP contribution is -2.68. The van der Waals surface area contributed by atoms with Crippen LogP contribution in [0.5, 0.6) is 0 Å². The van der Waals surface area contributed by atoms with Crippen molar-refractivity contribution in [2.24, 2.45) is 0 Å². The first-order valence-corrected chi connectivity index (χ1v) is 12.4. The third-order valence-electron chi connectivity index (χ3n) is 7.35. The van der Waals surface area contributed by atoms with Gasteiger partial charge in [0.05, 0.1) is 18.2 Å². The predicted molar refractivity (Wildman–Crippen MR) is 137 cm³/mol. The van der Waals surface area contributed by atoms with Crippen LogP contribution in [0.3, 0.4) is 0 Å². The minimum atomic E-state index is -0.390. The third-order valence-corrected chi connectivity index (χ3v) is 7.35. The highest BCUT2D eigenvalue weighted by Gasteiger charge is 2.49. The summed E-state index contributed by atoms with van der Waals surface area (Å²) in [4.78, 5) is 17.2. The average Bonchev–Trinajstić information content (AvgIpc) is 2.88. The first-order chi connectivity index (χ1) is 17.6. The number of carbonyl (C=O) groups is 1. The van der Waals surface area contributed by atoms with E-state index in [4.69, 9.17) is 0 Å². The summed E-state index contributed by atoms with van der Waals surface area (Å²) in [5.74, 6) is -0.295. The van der Waals surface area contributed by atoms with E-state index in [0.29, 0.717) is 24.3 Å². The molecule has 7 heteroatoms. The van der Waals surface area contributed by atoms with Crippen molar-refractivity contribution in [2.45, 2.75) is 30.8 Å². The number of amides is 2. The summed E-state index contributed by atoms with van der Waals surface area (Å²) in [5.41, 5.74) is 4.20. The van der Waals surface area contributed by atoms with Crippen LogP contribution in [0, 0.1) is 17.1 Å². The summed E-state index contributed by atoms with van der Waals surface area (Å²) in [5, 5.41) is 22.2. The second-order valence-electron chi connectivity index (χ2n) is 9.49. The van der Waals surface area contributed by atoms with Crippen molar-refractivity contribution < 1.29 is 14.3 Å². The van der Waals surface area contributed by atoms with E-state index in [1.807, 2.05) is 23.1 Å². The number of rotatable bonds is 4. The number of hydrogen-bond donors (Lipinski definition) is 2. The number of hydrogen-bond acceptors (Lipinski definition) is 4. The SMILES string of the molecule is N#Cc1cccc(-c2ccc([C@@H]3[C@@H](CO)N4CCCCN(C(=O)Nc5cccc(F)c5)C[C@@H]34)cc2)c1. The van der Waals surface area contributed by atoms with Crippen LogP contribution in [0.2, 0.25) is 0 Å². The van der Waals surface area contributed by atoms with Gasteiger partial charge in [0.25, 0.3) is 0 Å². The Hall–Kier alpha value is -3.73. The molecule has 2 fully saturated rings. The standard InChI is InChI=1S/C29H29FN4O2/c30-24-7-4-8-25(16-24)32-29(36)33-13-1-2-14-34-26(18-33)28(27(34)19-35)22-11-9-21(10-12-22)23-6-3-5-20(15-23)17-31/h3-12,15-16,26-28,35H,1-2,13-14,18-19H2,(H,32,36)/t26-,27+,28-/m0/s1. The van der Waals surface area contributed by atoms with Crippen LogP contribution in [0.15, 0.2) is 72.8 Å². The van der Waals surface area contributed by atoms with Crippen LogP contribution in [0.1, 0.15) is 29.9 Å². The molecule has 36 heavy (non-hydrogen) atoms. The molecule has 0 saturated carbocycles. The highest BCUT2D eigenvalue weighted by molar-refractivity contribution is 5.89. The minimum Gasteiger partial charge on any atom is -0.395 e. The summed E-state index contributed by atoms with van der Waals surface area (Å²) in [6.07, 6.45) is 1.82. The van der Waals surface area contributed by atoms with E-state index in [1.54, 1.807) is 18.2 Å². The van der Waals surface area contributed by atoms with Crippen LogP contribution >= 0.6 is 0 Å². The minimum absolute atomic E-state index is 0.00833. The molecule has 3 atom stereocenters. The zero-order valence-electron chi connectivity index (χ0n) is 20.0. The van der Waals surface area contributed by atoms with E-state index in [0.717, 1.165) is 36.1 Å². The Morgan fingerprint density at radius 3 is 2.56 bits per heavy atom. The molecule has 2 aliphatic heterocycles. The summed E-state index contributed by atoms with van der Waals surface area (Å²) < 4.78 is 13.6. The van der Waals surface area contributed by atoms with Gasteiger partial charge >= 0.3 is 6.03 Å². The van der Waals surface area contributed by atoms with E-state index < -0.39 is 0 Å². The van der Waals surface area contributed by atoms with E-state index in [2.05, 4.69) is 40.6 Å². The molecule has 2 aliphatic rings. The van der Waals surface area contributed by atoms with Crippen LogP contribution in [0.4, 0.5) is 14.9 Å². The summed E-state index contributed by atoms with van der Waals surface area (Å²) in [6, 6.07) is 23.8. The zero-order valence-corrected chi connectivity index (χ0v) is 20.0. The number of nitrogens with zero attached hydrogens (tertiary/aromatic N) is 3.